The molecule has 0 spiro atoms. The highest BCUT2D eigenvalue weighted by Crippen LogP contribution is 2.18. The molecular weight excluding hydrogens is 176 g/mol. The van der Waals surface area contributed by atoms with Gasteiger partial charge in [0, 0.05) is 6.61 Å². The zero-order valence-electron chi connectivity index (χ0n) is 10.1. The molecule has 0 aliphatic rings. The third kappa shape index (κ3) is 5.61. The Bertz CT molecular complexity index is 132. The van der Waals surface area contributed by atoms with Crippen molar-refractivity contribution in [2.75, 3.05) is 6.61 Å². The van der Waals surface area contributed by atoms with Gasteiger partial charge >= 0.3 is 0 Å². The SMILES string of the molecule is CCCCCCOC(C)C(C)([O])CC. The standard InChI is InChI=1S/C12H25O2/c1-5-7-8-9-10-14-11(3)12(4,13)6-2/h11H,5-10H2,1-4H3. The molecule has 0 heterocycles. The van der Waals surface area contributed by atoms with Gasteiger partial charge in [0.2, 0.25) is 0 Å². The van der Waals surface area contributed by atoms with Crippen LogP contribution in [0.2, 0.25) is 0 Å². The van der Waals surface area contributed by atoms with Crippen LogP contribution >= 0.6 is 0 Å². The number of rotatable bonds is 8. The molecule has 0 N–H and O–H groups in total. The second-order valence-corrected chi connectivity index (χ2v) is 4.24. The van der Waals surface area contributed by atoms with Crippen molar-refractivity contribution >= 4 is 0 Å². The third-order valence-electron chi connectivity index (χ3n) is 2.93. The molecule has 0 saturated carbocycles. The van der Waals surface area contributed by atoms with Gasteiger partial charge in [0.15, 0.2) is 0 Å². The number of unbranched alkanes of at least 4 members (excludes halogenated alkanes) is 3. The van der Waals surface area contributed by atoms with E-state index in [-0.39, 0.29) is 6.10 Å². The topological polar surface area (TPSA) is 29.1 Å². The van der Waals surface area contributed by atoms with Crippen molar-refractivity contribution in [3.05, 3.63) is 0 Å². The summed E-state index contributed by atoms with van der Waals surface area (Å²) < 4.78 is 5.53. The molecule has 0 bridgehead atoms. The van der Waals surface area contributed by atoms with Crippen LogP contribution in [-0.2, 0) is 9.84 Å². The summed E-state index contributed by atoms with van der Waals surface area (Å²) in [5, 5.41) is 11.8. The highest BCUT2D eigenvalue weighted by atomic mass is 16.5. The van der Waals surface area contributed by atoms with Gasteiger partial charge in [-0.25, -0.2) is 5.11 Å². The maximum atomic E-state index is 11.8. The van der Waals surface area contributed by atoms with Crippen LogP contribution in [0.15, 0.2) is 0 Å². The van der Waals surface area contributed by atoms with Crippen molar-refractivity contribution in [3.8, 4) is 0 Å². The van der Waals surface area contributed by atoms with E-state index in [9.17, 15) is 5.11 Å². The van der Waals surface area contributed by atoms with Crippen molar-refractivity contribution in [2.45, 2.75) is 71.5 Å². The fourth-order valence-corrected chi connectivity index (χ4v) is 1.25. The maximum absolute atomic E-state index is 11.8. The quantitative estimate of drug-likeness (QED) is 0.552. The average molecular weight is 201 g/mol. The van der Waals surface area contributed by atoms with Crippen LogP contribution in [-0.4, -0.2) is 18.3 Å². The Balaban J connectivity index is 3.48. The van der Waals surface area contributed by atoms with E-state index in [0.717, 1.165) is 13.0 Å². The number of hydrogen-bond acceptors (Lipinski definition) is 1. The lowest BCUT2D eigenvalue weighted by Crippen LogP contribution is -2.37. The smallest absolute Gasteiger partial charge is 0.126 e. The third-order valence-corrected chi connectivity index (χ3v) is 2.93. The van der Waals surface area contributed by atoms with Gasteiger partial charge in [-0.05, 0) is 26.7 Å². The summed E-state index contributed by atoms with van der Waals surface area (Å²) in [5.74, 6) is 0. The van der Waals surface area contributed by atoms with Crippen LogP contribution in [0.4, 0.5) is 0 Å². The number of ether oxygens (including phenoxy) is 1. The zero-order valence-corrected chi connectivity index (χ0v) is 10.1. The Hall–Kier alpha value is -0.0800. The lowest BCUT2D eigenvalue weighted by molar-refractivity contribution is -0.128. The summed E-state index contributed by atoms with van der Waals surface area (Å²) in [6.07, 6.45) is 5.25. The van der Waals surface area contributed by atoms with Crippen LogP contribution in [0.3, 0.4) is 0 Å². The fraction of sp³-hybridized carbons (Fsp3) is 1.00. The lowest BCUT2D eigenvalue weighted by Gasteiger charge is -2.26. The minimum Gasteiger partial charge on any atom is -0.375 e. The van der Waals surface area contributed by atoms with Crippen LogP contribution in [0.1, 0.15) is 59.8 Å². The average Bonchev–Trinajstić information content (AvgIpc) is 2.17. The molecule has 2 nitrogen and oxygen atoms in total. The fourth-order valence-electron chi connectivity index (χ4n) is 1.25. The van der Waals surface area contributed by atoms with Crippen LogP contribution < -0.4 is 0 Å². The van der Waals surface area contributed by atoms with E-state index < -0.39 is 5.60 Å². The van der Waals surface area contributed by atoms with Crippen molar-refractivity contribution in [2.24, 2.45) is 0 Å². The molecule has 0 aromatic rings. The largest absolute Gasteiger partial charge is 0.375 e. The molecular formula is C12H25O2. The summed E-state index contributed by atoms with van der Waals surface area (Å²) in [6, 6.07) is 0. The molecule has 0 fully saturated rings. The summed E-state index contributed by atoms with van der Waals surface area (Å²) >= 11 is 0. The van der Waals surface area contributed by atoms with Gasteiger partial charge in [0.25, 0.3) is 0 Å². The summed E-state index contributed by atoms with van der Waals surface area (Å²) in [5.41, 5.74) is -0.926. The van der Waals surface area contributed by atoms with E-state index >= 15 is 0 Å². The van der Waals surface area contributed by atoms with E-state index in [4.69, 9.17) is 4.74 Å². The van der Waals surface area contributed by atoms with Crippen LogP contribution in [0, 0.1) is 0 Å². The Morgan fingerprint density at radius 2 is 1.86 bits per heavy atom. The lowest BCUT2D eigenvalue weighted by atomic mass is 9.97. The van der Waals surface area contributed by atoms with Crippen molar-refractivity contribution in [1.29, 1.82) is 0 Å². The Morgan fingerprint density at radius 1 is 1.21 bits per heavy atom. The summed E-state index contributed by atoms with van der Waals surface area (Å²) in [7, 11) is 0. The van der Waals surface area contributed by atoms with Gasteiger partial charge in [0.05, 0.1) is 6.10 Å². The minimum atomic E-state index is -0.926. The van der Waals surface area contributed by atoms with Gasteiger partial charge in [-0.3, -0.25) is 0 Å². The Morgan fingerprint density at radius 3 is 2.36 bits per heavy atom. The van der Waals surface area contributed by atoms with Crippen molar-refractivity contribution in [3.63, 3.8) is 0 Å². The molecule has 0 rings (SSSR count). The van der Waals surface area contributed by atoms with E-state index in [1.54, 1.807) is 6.92 Å². The maximum Gasteiger partial charge on any atom is 0.126 e. The summed E-state index contributed by atoms with van der Waals surface area (Å²) in [4.78, 5) is 0. The van der Waals surface area contributed by atoms with Gasteiger partial charge < -0.3 is 4.74 Å². The van der Waals surface area contributed by atoms with Crippen molar-refractivity contribution in [1.82, 2.24) is 0 Å². The molecule has 1 radical (unpaired) electrons. The van der Waals surface area contributed by atoms with E-state index in [1.807, 2.05) is 13.8 Å². The normalized spacial score (nSPS) is 17.8. The minimum absolute atomic E-state index is 0.172. The molecule has 0 aromatic carbocycles. The van der Waals surface area contributed by atoms with Crippen LogP contribution in [0.25, 0.3) is 0 Å². The molecule has 0 saturated heterocycles. The van der Waals surface area contributed by atoms with E-state index in [0.29, 0.717) is 6.42 Å². The first-order valence-electron chi connectivity index (χ1n) is 5.86. The predicted molar refractivity (Wildman–Crippen MR) is 58.9 cm³/mol. The first-order valence-corrected chi connectivity index (χ1v) is 5.86. The zero-order chi connectivity index (χ0) is 11.0. The first-order chi connectivity index (χ1) is 6.54. The first kappa shape index (κ1) is 13.9. The second-order valence-electron chi connectivity index (χ2n) is 4.24. The van der Waals surface area contributed by atoms with Gasteiger partial charge in [-0.1, -0.05) is 33.1 Å². The molecule has 0 aliphatic heterocycles. The van der Waals surface area contributed by atoms with Gasteiger partial charge in [0.1, 0.15) is 5.60 Å². The summed E-state index contributed by atoms with van der Waals surface area (Å²) in [6.45, 7) is 8.46. The molecule has 2 atom stereocenters. The molecule has 2 unspecified atom stereocenters. The van der Waals surface area contributed by atoms with Gasteiger partial charge in [-0.15, -0.1) is 0 Å². The van der Waals surface area contributed by atoms with E-state index in [2.05, 4.69) is 6.92 Å². The molecule has 0 aromatic heterocycles. The highest BCUT2D eigenvalue weighted by Gasteiger charge is 2.28. The second kappa shape index (κ2) is 7.24. The highest BCUT2D eigenvalue weighted by molar-refractivity contribution is 4.77. The van der Waals surface area contributed by atoms with Crippen molar-refractivity contribution < 1.29 is 9.84 Å². The molecule has 85 valence electrons. The Kier molecular flexibility index (Phi) is 7.20. The molecule has 0 aliphatic carbocycles. The molecule has 2 heteroatoms. The number of hydrogen-bond donors (Lipinski definition) is 0. The predicted octanol–water partition coefficient (Wildman–Crippen LogP) is 3.57. The molecule has 14 heavy (non-hydrogen) atoms. The Labute approximate surface area is 88.7 Å². The van der Waals surface area contributed by atoms with Gasteiger partial charge in [-0.2, -0.15) is 0 Å². The van der Waals surface area contributed by atoms with E-state index in [1.165, 1.54) is 19.3 Å². The monoisotopic (exact) mass is 201 g/mol. The molecule has 0 amide bonds. The van der Waals surface area contributed by atoms with Crippen LogP contribution in [0.5, 0.6) is 0 Å².